The third kappa shape index (κ3) is 5.28. The van der Waals surface area contributed by atoms with Crippen LogP contribution in [0.4, 0.5) is 10.1 Å². The Bertz CT molecular complexity index is 895. The summed E-state index contributed by atoms with van der Waals surface area (Å²) < 4.78 is 24.5. The number of halogens is 1. The second-order valence-electron chi connectivity index (χ2n) is 8.58. The smallest absolute Gasteiger partial charge is 0.275 e. The number of ether oxygens (including phenoxy) is 2. The van der Waals surface area contributed by atoms with E-state index in [-0.39, 0.29) is 23.7 Å². The fourth-order valence-corrected chi connectivity index (χ4v) is 4.25. The van der Waals surface area contributed by atoms with Crippen molar-refractivity contribution in [3.05, 3.63) is 53.8 Å². The van der Waals surface area contributed by atoms with E-state index in [0.717, 1.165) is 48.9 Å². The fourth-order valence-electron chi connectivity index (χ4n) is 4.25. The van der Waals surface area contributed by atoms with Crippen LogP contribution in [-0.2, 0) is 4.79 Å². The summed E-state index contributed by atoms with van der Waals surface area (Å²) in [5.74, 6) is 1.58. The van der Waals surface area contributed by atoms with Crippen LogP contribution in [0, 0.1) is 11.7 Å². The maximum Gasteiger partial charge on any atom is 0.275 e. The van der Waals surface area contributed by atoms with Crippen LogP contribution in [0.1, 0.15) is 25.5 Å². The molecule has 0 aliphatic carbocycles. The van der Waals surface area contributed by atoms with Gasteiger partial charge < -0.3 is 24.6 Å². The molecule has 4 rings (SSSR count). The SMILES string of the molecule is CC(C)[C@@H](NC(=O)C[NH+]1CCN(c2ccc(F)cc2)CC1)c1ccc2c(c1)OCCO2. The van der Waals surface area contributed by atoms with Crippen LogP contribution in [0.5, 0.6) is 11.5 Å². The molecule has 166 valence electrons. The monoisotopic (exact) mass is 428 g/mol. The Labute approximate surface area is 182 Å². The van der Waals surface area contributed by atoms with E-state index in [2.05, 4.69) is 24.1 Å². The predicted octanol–water partition coefficient (Wildman–Crippen LogP) is 1.82. The van der Waals surface area contributed by atoms with Crippen LogP contribution < -0.4 is 24.6 Å². The van der Waals surface area contributed by atoms with Gasteiger partial charge in [0.1, 0.15) is 19.0 Å². The summed E-state index contributed by atoms with van der Waals surface area (Å²) >= 11 is 0. The third-order valence-electron chi connectivity index (χ3n) is 5.98. The molecule has 2 heterocycles. The highest BCUT2D eigenvalue weighted by Crippen LogP contribution is 2.34. The Morgan fingerprint density at radius 2 is 1.74 bits per heavy atom. The average molecular weight is 429 g/mol. The molecule has 6 nitrogen and oxygen atoms in total. The molecule has 0 aromatic heterocycles. The van der Waals surface area contributed by atoms with E-state index < -0.39 is 0 Å². The average Bonchev–Trinajstić information content (AvgIpc) is 2.78. The molecule has 0 saturated carbocycles. The van der Waals surface area contributed by atoms with E-state index in [4.69, 9.17) is 9.47 Å². The third-order valence-corrected chi connectivity index (χ3v) is 5.98. The van der Waals surface area contributed by atoms with Gasteiger partial charge in [-0.2, -0.15) is 0 Å². The number of nitrogens with one attached hydrogen (secondary N) is 2. The molecule has 0 unspecified atom stereocenters. The second-order valence-corrected chi connectivity index (χ2v) is 8.58. The Morgan fingerprint density at radius 3 is 2.42 bits per heavy atom. The summed E-state index contributed by atoms with van der Waals surface area (Å²) in [4.78, 5) is 16.3. The van der Waals surface area contributed by atoms with Crippen molar-refractivity contribution in [2.45, 2.75) is 19.9 Å². The van der Waals surface area contributed by atoms with E-state index in [9.17, 15) is 9.18 Å². The highest BCUT2D eigenvalue weighted by molar-refractivity contribution is 5.77. The maximum atomic E-state index is 13.1. The second kappa shape index (κ2) is 9.56. The Balaban J connectivity index is 1.32. The molecule has 2 N–H and O–H groups in total. The first-order chi connectivity index (χ1) is 15.0. The Kier molecular flexibility index (Phi) is 6.61. The first kappa shape index (κ1) is 21.4. The summed E-state index contributed by atoms with van der Waals surface area (Å²) in [5.41, 5.74) is 2.06. The van der Waals surface area contributed by atoms with Gasteiger partial charge in [-0.05, 0) is 47.9 Å². The number of quaternary nitrogens is 1. The molecule has 31 heavy (non-hydrogen) atoms. The van der Waals surface area contributed by atoms with Crippen molar-refractivity contribution in [1.82, 2.24) is 5.32 Å². The van der Waals surface area contributed by atoms with Gasteiger partial charge in [0.2, 0.25) is 0 Å². The van der Waals surface area contributed by atoms with Crippen molar-refractivity contribution in [1.29, 1.82) is 0 Å². The molecule has 0 bridgehead atoms. The summed E-state index contributed by atoms with van der Waals surface area (Å²) in [7, 11) is 0. The number of nitrogens with zero attached hydrogens (tertiary/aromatic N) is 1. The quantitative estimate of drug-likeness (QED) is 0.737. The summed E-state index contributed by atoms with van der Waals surface area (Å²) in [6, 6.07) is 12.4. The molecule has 2 aromatic carbocycles. The van der Waals surface area contributed by atoms with Crippen LogP contribution >= 0.6 is 0 Å². The largest absolute Gasteiger partial charge is 0.486 e. The number of hydrogen-bond acceptors (Lipinski definition) is 4. The molecule has 1 saturated heterocycles. The number of hydrogen-bond donors (Lipinski definition) is 2. The summed E-state index contributed by atoms with van der Waals surface area (Å²) in [6.45, 7) is 9.23. The minimum Gasteiger partial charge on any atom is -0.486 e. The van der Waals surface area contributed by atoms with Crippen molar-refractivity contribution < 1.29 is 23.6 Å². The number of rotatable bonds is 6. The zero-order valence-electron chi connectivity index (χ0n) is 18.2. The van der Waals surface area contributed by atoms with E-state index in [0.29, 0.717) is 19.8 Å². The Morgan fingerprint density at radius 1 is 1.06 bits per heavy atom. The van der Waals surface area contributed by atoms with Gasteiger partial charge in [0.25, 0.3) is 5.91 Å². The number of anilines is 1. The lowest BCUT2D eigenvalue weighted by atomic mass is 9.95. The van der Waals surface area contributed by atoms with Crippen LogP contribution in [0.3, 0.4) is 0 Å². The number of carbonyl (C=O) groups is 1. The van der Waals surface area contributed by atoms with Crippen molar-refractivity contribution >= 4 is 11.6 Å². The van der Waals surface area contributed by atoms with Gasteiger partial charge in [0, 0.05) is 5.69 Å². The standard InChI is InChI=1S/C24H30FN3O3/c1-17(2)24(18-3-8-21-22(15-18)31-14-13-30-21)26-23(29)16-27-9-11-28(12-10-27)20-6-4-19(25)5-7-20/h3-8,15,17,24H,9-14,16H2,1-2H3,(H,26,29)/p+1/t24-/m1/s1. The molecule has 2 aromatic rings. The van der Waals surface area contributed by atoms with Crippen LogP contribution in [0.25, 0.3) is 0 Å². The van der Waals surface area contributed by atoms with Crippen molar-refractivity contribution in [2.24, 2.45) is 5.92 Å². The topological polar surface area (TPSA) is 55.2 Å². The molecule has 1 fully saturated rings. The number of benzene rings is 2. The lowest BCUT2D eigenvalue weighted by molar-refractivity contribution is -0.892. The first-order valence-electron chi connectivity index (χ1n) is 11.0. The number of amides is 1. The molecular weight excluding hydrogens is 397 g/mol. The molecule has 2 aliphatic heterocycles. The van der Waals surface area contributed by atoms with Gasteiger partial charge >= 0.3 is 0 Å². The van der Waals surface area contributed by atoms with Crippen molar-refractivity contribution in [2.75, 3.05) is 50.8 Å². The van der Waals surface area contributed by atoms with Gasteiger partial charge in [-0.3, -0.25) is 4.79 Å². The molecule has 0 radical (unpaired) electrons. The maximum absolute atomic E-state index is 13.1. The fraction of sp³-hybridized carbons (Fsp3) is 0.458. The van der Waals surface area contributed by atoms with E-state index in [1.807, 2.05) is 30.3 Å². The molecule has 2 aliphatic rings. The van der Waals surface area contributed by atoms with E-state index in [1.54, 1.807) is 0 Å². The van der Waals surface area contributed by atoms with Crippen LogP contribution in [0.15, 0.2) is 42.5 Å². The molecular formula is C24H31FN3O3+. The Hall–Kier alpha value is -2.80. The van der Waals surface area contributed by atoms with Crippen molar-refractivity contribution in [3.63, 3.8) is 0 Å². The highest BCUT2D eigenvalue weighted by atomic mass is 19.1. The summed E-state index contributed by atoms with van der Waals surface area (Å²) in [5, 5.41) is 3.22. The zero-order chi connectivity index (χ0) is 21.8. The normalized spacial score (nSPS) is 17.5. The lowest BCUT2D eigenvalue weighted by Crippen LogP contribution is -3.16. The zero-order valence-corrected chi connectivity index (χ0v) is 18.2. The first-order valence-corrected chi connectivity index (χ1v) is 11.0. The molecule has 1 amide bonds. The van der Waals surface area contributed by atoms with Crippen LogP contribution in [0.2, 0.25) is 0 Å². The number of piperazine rings is 1. The van der Waals surface area contributed by atoms with Gasteiger partial charge in [-0.15, -0.1) is 0 Å². The van der Waals surface area contributed by atoms with Gasteiger partial charge in [0.05, 0.1) is 32.2 Å². The minimum absolute atomic E-state index is 0.0545. The lowest BCUT2D eigenvalue weighted by Gasteiger charge is -2.33. The van der Waals surface area contributed by atoms with Gasteiger partial charge in [0.15, 0.2) is 18.0 Å². The molecule has 7 heteroatoms. The van der Waals surface area contributed by atoms with Crippen molar-refractivity contribution in [3.8, 4) is 11.5 Å². The van der Waals surface area contributed by atoms with Gasteiger partial charge in [-0.25, -0.2) is 4.39 Å². The molecule has 1 atom stereocenters. The summed E-state index contributed by atoms with van der Waals surface area (Å²) in [6.07, 6.45) is 0. The predicted molar refractivity (Wildman–Crippen MR) is 117 cm³/mol. The number of carbonyl (C=O) groups excluding carboxylic acids is 1. The van der Waals surface area contributed by atoms with E-state index in [1.165, 1.54) is 17.0 Å². The van der Waals surface area contributed by atoms with Gasteiger partial charge in [-0.1, -0.05) is 19.9 Å². The minimum atomic E-state index is -0.220. The van der Waals surface area contributed by atoms with Crippen LogP contribution in [-0.4, -0.2) is 51.8 Å². The number of fused-ring (bicyclic) bond motifs is 1. The highest BCUT2D eigenvalue weighted by Gasteiger charge is 2.26. The van der Waals surface area contributed by atoms with E-state index >= 15 is 0 Å². The molecule has 0 spiro atoms.